The fourth-order valence-electron chi connectivity index (χ4n) is 5.21. The third-order valence-electron chi connectivity index (χ3n) is 5.90. The maximum atomic E-state index is 6.28. The van der Waals surface area contributed by atoms with Crippen molar-refractivity contribution in [2.24, 2.45) is 17.6 Å². The van der Waals surface area contributed by atoms with Gasteiger partial charge in [-0.1, -0.05) is 13.8 Å². The van der Waals surface area contributed by atoms with Gasteiger partial charge in [-0.3, -0.25) is 9.80 Å². The molecule has 0 aromatic heterocycles. The van der Waals surface area contributed by atoms with Crippen LogP contribution in [0.5, 0.6) is 0 Å². The Hall–Kier alpha value is -0.120. The van der Waals surface area contributed by atoms with Crippen molar-refractivity contribution < 1.29 is 0 Å². The van der Waals surface area contributed by atoms with Crippen LogP contribution in [-0.4, -0.2) is 54.1 Å². The Bertz CT molecular complexity index is 307. The van der Waals surface area contributed by atoms with Gasteiger partial charge in [0.05, 0.1) is 0 Å². The van der Waals surface area contributed by atoms with Gasteiger partial charge >= 0.3 is 0 Å². The van der Waals surface area contributed by atoms with Crippen LogP contribution in [0.25, 0.3) is 0 Å². The van der Waals surface area contributed by atoms with E-state index >= 15 is 0 Å². The summed E-state index contributed by atoms with van der Waals surface area (Å²) < 4.78 is 0. The fraction of sp³-hybridized carbons (Fsp3) is 1.00. The van der Waals surface area contributed by atoms with Crippen molar-refractivity contribution in [2.75, 3.05) is 32.7 Å². The predicted octanol–water partition coefficient (Wildman–Crippen LogP) is 1.92. The maximum absolute atomic E-state index is 6.28. The zero-order valence-corrected chi connectivity index (χ0v) is 12.8. The lowest BCUT2D eigenvalue weighted by Crippen LogP contribution is -2.63. The van der Waals surface area contributed by atoms with Gasteiger partial charge in [-0.2, -0.15) is 0 Å². The topological polar surface area (TPSA) is 32.5 Å². The maximum Gasteiger partial charge on any atom is 0.0338 e. The number of nitrogens with two attached hydrogens (primary N) is 1. The summed E-state index contributed by atoms with van der Waals surface area (Å²) in [5, 5.41) is 0. The molecule has 19 heavy (non-hydrogen) atoms. The minimum absolute atomic E-state index is 0.311. The molecule has 2 heterocycles. The van der Waals surface area contributed by atoms with Crippen LogP contribution in [0.4, 0.5) is 0 Å². The quantitative estimate of drug-likeness (QED) is 0.828. The molecule has 3 heteroatoms. The van der Waals surface area contributed by atoms with Crippen LogP contribution in [0.3, 0.4) is 0 Å². The molecule has 1 aliphatic carbocycles. The van der Waals surface area contributed by atoms with E-state index in [1.54, 1.807) is 0 Å². The van der Waals surface area contributed by atoms with E-state index in [2.05, 4.69) is 23.6 Å². The standard InChI is InChI=1S/C16H31N3/c1-13-8-14(2)10-16(9-13,12-17)19-7-6-18-5-3-4-15(18)11-19/h13-15H,3-12,17H2,1-2H3. The molecule has 0 aromatic rings. The number of piperazine rings is 1. The monoisotopic (exact) mass is 265 g/mol. The second kappa shape index (κ2) is 5.34. The first-order valence-corrected chi connectivity index (χ1v) is 8.32. The van der Waals surface area contributed by atoms with Gasteiger partial charge in [-0.25, -0.2) is 0 Å². The SMILES string of the molecule is CC1CC(C)CC(CN)(N2CCN3CCCC3C2)C1. The molecule has 2 N–H and O–H groups in total. The molecule has 3 unspecified atom stereocenters. The summed E-state index contributed by atoms with van der Waals surface area (Å²) in [5.41, 5.74) is 6.59. The molecule has 3 aliphatic rings. The Morgan fingerprint density at radius 2 is 1.84 bits per heavy atom. The number of hydrogen-bond donors (Lipinski definition) is 1. The van der Waals surface area contributed by atoms with Crippen LogP contribution in [0.15, 0.2) is 0 Å². The van der Waals surface area contributed by atoms with Gasteiger partial charge in [0.15, 0.2) is 0 Å². The number of fused-ring (bicyclic) bond motifs is 1. The molecule has 3 rings (SSSR count). The Labute approximate surface area is 118 Å². The van der Waals surface area contributed by atoms with E-state index in [1.165, 1.54) is 58.3 Å². The average molecular weight is 265 g/mol. The summed E-state index contributed by atoms with van der Waals surface area (Å²) in [4.78, 5) is 5.49. The molecule has 2 saturated heterocycles. The zero-order chi connectivity index (χ0) is 13.5. The lowest BCUT2D eigenvalue weighted by molar-refractivity contribution is -0.0247. The summed E-state index contributed by atoms with van der Waals surface area (Å²) in [7, 11) is 0. The average Bonchev–Trinajstić information content (AvgIpc) is 2.84. The molecule has 0 amide bonds. The van der Waals surface area contributed by atoms with Gasteiger partial charge < -0.3 is 5.73 Å². The van der Waals surface area contributed by atoms with E-state index in [1.807, 2.05) is 0 Å². The minimum Gasteiger partial charge on any atom is -0.329 e. The molecular formula is C16H31N3. The Morgan fingerprint density at radius 1 is 1.11 bits per heavy atom. The van der Waals surface area contributed by atoms with Crippen LogP contribution in [0.2, 0.25) is 0 Å². The van der Waals surface area contributed by atoms with Crippen LogP contribution in [0, 0.1) is 11.8 Å². The number of rotatable bonds is 2. The van der Waals surface area contributed by atoms with Crippen molar-refractivity contribution in [1.82, 2.24) is 9.80 Å². The molecular weight excluding hydrogens is 234 g/mol. The third-order valence-corrected chi connectivity index (χ3v) is 5.90. The van der Waals surface area contributed by atoms with Crippen molar-refractivity contribution in [3.8, 4) is 0 Å². The van der Waals surface area contributed by atoms with E-state index in [9.17, 15) is 0 Å². The first-order valence-electron chi connectivity index (χ1n) is 8.32. The second-order valence-corrected chi connectivity index (χ2v) is 7.56. The molecule has 0 bridgehead atoms. The summed E-state index contributed by atoms with van der Waals surface area (Å²) in [6.07, 6.45) is 6.84. The second-order valence-electron chi connectivity index (χ2n) is 7.56. The first kappa shape index (κ1) is 13.8. The van der Waals surface area contributed by atoms with Crippen LogP contribution >= 0.6 is 0 Å². The highest BCUT2D eigenvalue weighted by atomic mass is 15.3. The third kappa shape index (κ3) is 2.57. The van der Waals surface area contributed by atoms with Gasteiger partial charge in [0, 0.05) is 37.8 Å². The smallest absolute Gasteiger partial charge is 0.0338 e. The summed E-state index contributed by atoms with van der Waals surface area (Å²) in [6, 6.07) is 0.824. The highest BCUT2D eigenvalue weighted by Gasteiger charge is 2.44. The molecule has 3 atom stereocenters. The molecule has 3 fully saturated rings. The lowest BCUT2D eigenvalue weighted by atomic mass is 9.70. The normalized spacial score (nSPS) is 45.3. The van der Waals surface area contributed by atoms with Crippen molar-refractivity contribution in [3.63, 3.8) is 0 Å². The Balaban J connectivity index is 1.74. The predicted molar refractivity (Wildman–Crippen MR) is 80.1 cm³/mol. The van der Waals surface area contributed by atoms with Gasteiger partial charge in [0.1, 0.15) is 0 Å². The summed E-state index contributed by atoms with van der Waals surface area (Å²) in [6.45, 7) is 10.8. The van der Waals surface area contributed by atoms with E-state index in [4.69, 9.17) is 5.73 Å². The Kier molecular flexibility index (Phi) is 3.89. The number of nitrogens with zero attached hydrogens (tertiary/aromatic N) is 2. The van der Waals surface area contributed by atoms with Gasteiger partial charge in [-0.05, 0) is 50.5 Å². The van der Waals surface area contributed by atoms with E-state index in [0.29, 0.717) is 5.54 Å². The Morgan fingerprint density at radius 3 is 2.53 bits per heavy atom. The fourth-order valence-corrected chi connectivity index (χ4v) is 5.21. The van der Waals surface area contributed by atoms with Crippen molar-refractivity contribution >= 4 is 0 Å². The highest BCUT2D eigenvalue weighted by molar-refractivity contribution is 5.01. The van der Waals surface area contributed by atoms with Gasteiger partial charge in [0.2, 0.25) is 0 Å². The van der Waals surface area contributed by atoms with E-state index in [-0.39, 0.29) is 0 Å². The van der Waals surface area contributed by atoms with Crippen molar-refractivity contribution in [3.05, 3.63) is 0 Å². The molecule has 0 aromatic carbocycles. The van der Waals surface area contributed by atoms with Crippen molar-refractivity contribution in [1.29, 1.82) is 0 Å². The molecule has 1 saturated carbocycles. The zero-order valence-electron chi connectivity index (χ0n) is 12.8. The minimum atomic E-state index is 0.311. The molecule has 0 radical (unpaired) electrons. The van der Waals surface area contributed by atoms with Crippen LogP contribution in [0.1, 0.15) is 46.0 Å². The summed E-state index contributed by atoms with van der Waals surface area (Å²) in [5.74, 6) is 1.68. The van der Waals surface area contributed by atoms with Crippen molar-refractivity contribution in [2.45, 2.75) is 57.5 Å². The first-order chi connectivity index (χ1) is 9.13. The highest BCUT2D eigenvalue weighted by Crippen LogP contribution is 2.40. The molecule has 2 aliphatic heterocycles. The number of hydrogen-bond acceptors (Lipinski definition) is 3. The molecule has 0 spiro atoms. The van der Waals surface area contributed by atoms with E-state index < -0.39 is 0 Å². The van der Waals surface area contributed by atoms with E-state index in [0.717, 1.165) is 24.4 Å². The van der Waals surface area contributed by atoms with Gasteiger partial charge in [0.25, 0.3) is 0 Å². The van der Waals surface area contributed by atoms with Crippen LogP contribution < -0.4 is 5.73 Å². The van der Waals surface area contributed by atoms with Gasteiger partial charge in [-0.15, -0.1) is 0 Å². The molecule has 3 nitrogen and oxygen atoms in total. The van der Waals surface area contributed by atoms with Crippen LogP contribution in [-0.2, 0) is 0 Å². The summed E-state index contributed by atoms with van der Waals surface area (Å²) >= 11 is 0. The largest absolute Gasteiger partial charge is 0.329 e. The lowest BCUT2D eigenvalue weighted by Gasteiger charge is -2.53. The molecule has 110 valence electrons.